The maximum absolute atomic E-state index is 12.2. The number of aromatic amines is 1. The first-order chi connectivity index (χ1) is 12.3. The number of urea groups is 1. The van der Waals surface area contributed by atoms with Gasteiger partial charge in [-0.15, -0.1) is 0 Å². The Hall–Kier alpha value is -2.32. The number of halogens is 4. The number of amides is 2. The van der Waals surface area contributed by atoms with Crippen LogP contribution in [0, 0.1) is 0 Å². The molecule has 3 aromatic rings. The van der Waals surface area contributed by atoms with Gasteiger partial charge < -0.3 is 15.6 Å². The first-order valence-corrected chi connectivity index (χ1v) is 8.81. The van der Waals surface area contributed by atoms with E-state index in [4.69, 9.17) is 11.6 Å². The lowest BCUT2D eigenvalue weighted by molar-refractivity contribution is -0.0329. The average molecular weight is 400 g/mol. The lowest BCUT2D eigenvalue weighted by Gasteiger charge is -2.09. The molecule has 26 heavy (non-hydrogen) atoms. The molecule has 0 atom stereocenters. The molecule has 0 fully saturated rings. The monoisotopic (exact) mass is 399 g/mol. The second-order valence-corrected chi connectivity index (χ2v) is 6.88. The zero-order chi connectivity index (χ0) is 18.7. The molecular weight excluding hydrogens is 387 g/mol. The van der Waals surface area contributed by atoms with Gasteiger partial charge >= 0.3 is 11.5 Å². The van der Waals surface area contributed by atoms with E-state index in [1.165, 1.54) is 0 Å². The number of fused-ring (bicyclic) bond motifs is 1. The zero-order valence-electron chi connectivity index (χ0n) is 13.2. The van der Waals surface area contributed by atoms with Gasteiger partial charge in [-0.05, 0) is 47.7 Å². The molecule has 4 nitrogen and oxygen atoms in total. The van der Waals surface area contributed by atoms with Gasteiger partial charge in [-0.3, -0.25) is 0 Å². The molecule has 2 amide bonds. The fraction of sp³-hybridized carbons (Fsp3) is 0.118. The maximum atomic E-state index is 12.2. The predicted molar refractivity (Wildman–Crippen MR) is 99.7 cm³/mol. The highest BCUT2D eigenvalue weighted by molar-refractivity contribution is 7.99. The molecule has 9 heteroatoms. The van der Waals surface area contributed by atoms with Crippen molar-refractivity contribution in [3.8, 4) is 0 Å². The molecule has 0 radical (unpaired) electrons. The van der Waals surface area contributed by atoms with Gasteiger partial charge in [-0.25, -0.2) is 4.79 Å². The molecule has 0 saturated heterocycles. The van der Waals surface area contributed by atoms with Crippen LogP contribution >= 0.6 is 23.4 Å². The summed E-state index contributed by atoms with van der Waals surface area (Å²) < 4.78 is 36.6. The number of nitrogens with one attached hydrogen (secondary N) is 3. The third-order valence-corrected chi connectivity index (χ3v) is 4.55. The Morgan fingerprint density at radius 1 is 1.12 bits per heavy atom. The molecular formula is C17H13ClF3N3OS. The highest BCUT2D eigenvalue weighted by Gasteiger charge is 2.27. The molecule has 2 aromatic carbocycles. The molecule has 0 aliphatic rings. The van der Waals surface area contributed by atoms with Gasteiger partial charge in [0.2, 0.25) is 0 Å². The Kier molecular flexibility index (Phi) is 5.33. The van der Waals surface area contributed by atoms with Gasteiger partial charge in [0.05, 0.1) is 5.69 Å². The van der Waals surface area contributed by atoms with Crippen LogP contribution in [0.2, 0.25) is 5.02 Å². The fourth-order valence-electron chi connectivity index (χ4n) is 2.33. The van der Waals surface area contributed by atoms with Crippen LogP contribution in [0.1, 0.15) is 5.56 Å². The normalized spacial score (nSPS) is 11.5. The summed E-state index contributed by atoms with van der Waals surface area (Å²) in [5, 5.41) is 6.66. The second-order valence-electron chi connectivity index (χ2n) is 5.40. The Morgan fingerprint density at radius 3 is 2.54 bits per heavy atom. The number of rotatable bonds is 4. The number of alkyl halides is 3. The molecule has 1 aromatic heterocycles. The van der Waals surface area contributed by atoms with Crippen LogP contribution in [0.3, 0.4) is 0 Å². The first-order valence-electron chi connectivity index (χ1n) is 7.44. The Bertz CT molecular complexity index is 925. The van der Waals surface area contributed by atoms with E-state index in [1.807, 2.05) is 0 Å². The van der Waals surface area contributed by atoms with E-state index in [0.29, 0.717) is 22.0 Å². The molecule has 0 unspecified atom stereocenters. The topological polar surface area (TPSA) is 56.9 Å². The van der Waals surface area contributed by atoms with Crippen molar-refractivity contribution < 1.29 is 18.0 Å². The highest BCUT2D eigenvalue weighted by Crippen LogP contribution is 2.33. The van der Waals surface area contributed by atoms with Gasteiger partial charge in [0.25, 0.3) is 0 Å². The van der Waals surface area contributed by atoms with Crippen molar-refractivity contribution in [2.45, 2.75) is 11.3 Å². The Balaban J connectivity index is 1.61. The second kappa shape index (κ2) is 7.51. The van der Waals surface area contributed by atoms with Gasteiger partial charge in [-0.2, -0.15) is 13.2 Å². The summed E-state index contributed by atoms with van der Waals surface area (Å²) in [6.07, 6.45) is 1.65. The summed E-state index contributed by atoms with van der Waals surface area (Å²) in [6.45, 7) is 0. The number of carbonyl (C=O) groups excluding carboxylic acids is 1. The smallest absolute Gasteiger partial charge is 0.359 e. The molecule has 3 rings (SSSR count). The van der Waals surface area contributed by atoms with Gasteiger partial charge in [0.1, 0.15) is 0 Å². The van der Waals surface area contributed by atoms with Crippen molar-refractivity contribution in [2.75, 3.05) is 10.6 Å². The highest BCUT2D eigenvalue weighted by atomic mass is 35.5. The van der Waals surface area contributed by atoms with Crippen molar-refractivity contribution >= 4 is 51.7 Å². The number of thioether (sulfide) groups is 1. The number of hydrogen-bond donors (Lipinski definition) is 3. The van der Waals surface area contributed by atoms with Crippen molar-refractivity contribution in [2.24, 2.45) is 0 Å². The van der Waals surface area contributed by atoms with Crippen LogP contribution in [0.4, 0.5) is 29.3 Å². The molecule has 0 aliphatic carbocycles. The van der Waals surface area contributed by atoms with Crippen LogP contribution in [-0.4, -0.2) is 16.5 Å². The number of aromatic nitrogens is 1. The largest absolute Gasteiger partial charge is 0.442 e. The van der Waals surface area contributed by atoms with E-state index >= 15 is 0 Å². The number of anilines is 2. The van der Waals surface area contributed by atoms with E-state index in [1.54, 1.807) is 48.7 Å². The van der Waals surface area contributed by atoms with Gasteiger partial charge in [0.15, 0.2) is 0 Å². The average Bonchev–Trinajstić information content (AvgIpc) is 2.95. The SMILES string of the molecule is O=C(Nc1ccc(CSC(F)(F)F)cc1)Nc1c[nH]c2ccc(Cl)cc12. The summed E-state index contributed by atoms with van der Waals surface area (Å²) in [6, 6.07) is 11.0. The molecule has 0 spiro atoms. The summed E-state index contributed by atoms with van der Waals surface area (Å²) in [5.41, 5.74) is -1.88. The molecule has 0 saturated carbocycles. The quantitative estimate of drug-likeness (QED) is 0.488. The molecule has 3 N–H and O–H groups in total. The minimum absolute atomic E-state index is 0.103. The third-order valence-electron chi connectivity index (χ3n) is 3.51. The van der Waals surface area contributed by atoms with Crippen molar-refractivity contribution in [3.63, 3.8) is 0 Å². The maximum Gasteiger partial charge on any atom is 0.442 e. The number of hydrogen-bond acceptors (Lipinski definition) is 2. The summed E-state index contributed by atoms with van der Waals surface area (Å²) in [4.78, 5) is 15.2. The van der Waals surface area contributed by atoms with Crippen LogP contribution < -0.4 is 10.6 Å². The summed E-state index contributed by atoms with van der Waals surface area (Å²) in [7, 11) is 0. The Morgan fingerprint density at radius 2 is 1.85 bits per heavy atom. The number of benzene rings is 2. The fourth-order valence-corrected chi connectivity index (χ4v) is 3.03. The predicted octanol–water partition coefficient (Wildman–Crippen LogP) is 6.22. The van der Waals surface area contributed by atoms with E-state index < -0.39 is 11.5 Å². The van der Waals surface area contributed by atoms with Crippen LogP contribution in [0.15, 0.2) is 48.7 Å². The summed E-state index contributed by atoms with van der Waals surface area (Å²) >= 11 is 5.87. The molecule has 0 bridgehead atoms. The van der Waals surface area contributed by atoms with Crippen LogP contribution in [-0.2, 0) is 5.75 Å². The number of H-pyrrole nitrogens is 1. The van der Waals surface area contributed by atoms with E-state index in [-0.39, 0.29) is 17.5 Å². The first kappa shape index (κ1) is 18.5. The zero-order valence-corrected chi connectivity index (χ0v) is 14.7. The number of carbonyl (C=O) groups is 1. The van der Waals surface area contributed by atoms with Crippen LogP contribution in [0.25, 0.3) is 10.9 Å². The molecule has 0 aliphatic heterocycles. The van der Waals surface area contributed by atoms with Crippen molar-refractivity contribution in [3.05, 3.63) is 59.2 Å². The van der Waals surface area contributed by atoms with E-state index in [9.17, 15) is 18.0 Å². The molecule has 136 valence electrons. The van der Waals surface area contributed by atoms with E-state index in [0.717, 1.165) is 10.9 Å². The third kappa shape index (κ3) is 4.86. The lowest BCUT2D eigenvalue weighted by atomic mass is 10.2. The minimum atomic E-state index is -4.26. The minimum Gasteiger partial charge on any atom is -0.359 e. The molecule has 1 heterocycles. The lowest BCUT2D eigenvalue weighted by Crippen LogP contribution is -2.19. The van der Waals surface area contributed by atoms with E-state index in [2.05, 4.69) is 15.6 Å². The van der Waals surface area contributed by atoms with Crippen molar-refractivity contribution in [1.29, 1.82) is 0 Å². The van der Waals surface area contributed by atoms with Gasteiger partial charge in [0, 0.05) is 33.6 Å². The Labute approximate surface area is 156 Å². The standard InChI is InChI=1S/C17H13ClF3N3OS/c18-11-3-6-14-13(7-11)15(8-22-14)24-16(25)23-12-4-1-10(2-5-12)9-26-17(19,20)21/h1-8,22H,9H2,(H2,23,24,25). The van der Waals surface area contributed by atoms with Gasteiger partial charge in [-0.1, -0.05) is 23.7 Å². The summed E-state index contributed by atoms with van der Waals surface area (Å²) in [5.74, 6) is -0.175. The van der Waals surface area contributed by atoms with Crippen molar-refractivity contribution in [1.82, 2.24) is 4.98 Å². The van der Waals surface area contributed by atoms with Crippen LogP contribution in [0.5, 0.6) is 0 Å².